The Morgan fingerprint density at radius 2 is 1.96 bits per heavy atom. The summed E-state index contributed by atoms with van der Waals surface area (Å²) in [7, 11) is 1.43. The monoisotopic (exact) mass is 407 g/mol. The van der Waals surface area contributed by atoms with Crippen molar-refractivity contribution in [2.24, 2.45) is 0 Å². The highest BCUT2D eigenvalue weighted by Gasteiger charge is 2.23. The number of nitro benzene ring substituents is 1. The van der Waals surface area contributed by atoms with Crippen molar-refractivity contribution >= 4 is 40.5 Å². The van der Waals surface area contributed by atoms with E-state index in [1.54, 1.807) is 19.1 Å². The Morgan fingerprint density at radius 1 is 1.29 bits per heavy atom. The lowest BCUT2D eigenvalue weighted by molar-refractivity contribution is -0.384. The van der Waals surface area contributed by atoms with E-state index in [-0.39, 0.29) is 16.9 Å². The maximum Gasteiger partial charge on any atom is 0.341 e. The van der Waals surface area contributed by atoms with Gasteiger partial charge in [0.05, 0.1) is 29.0 Å². The normalized spacial score (nSPS) is 11.4. The summed E-state index contributed by atoms with van der Waals surface area (Å²) in [6, 6.07) is 6.52. The Labute approximate surface area is 165 Å². The number of carbonyl (C=O) groups is 2. The molecule has 1 amide bonds. The van der Waals surface area contributed by atoms with Crippen LogP contribution in [0.1, 0.15) is 22.8 Å². The molecule has 2 aromatic carbocycles. The third-order valence-electron chi connectivity index (χ3n) is 3.86. The number of benzene rings is 2. The number of amides is 1. The van der Waals surface area contributed by atoms with Crippen LogP contribution in [0.15, 0.2) is 30.3 Å². The Morgan fingerprint density at radius 3 is 2.54 bits per heavy atom. The number of anilines is 2. The van der Waals surface area contributed by atoms with Crippen LogP contribution >= 0.6 is 11.6 Å². The average Bonchev–Trinajstić information content (AvgIpc) is 2.63. The molecule has 0 aliphatic heterocycles. The quantitative estimate of drug-likeness (QED) is 0.324. The predicted molar refractivity (Wildman–Crippen MR) is 104 cm³/mol. The highest BCUT2D eigenvalue weighted by molar-refractivity contribution is 6.31. The number of carbonyl (C=O) groups excluding carboxylic acids is 2. The van der Waals surface area contributed by atoms with Gasteiger partial charge in [-0.3, -0.25) is 14.9 Å². The fourth-order valence-corrected chi connectivity index (χ4v) is 2.44. The lowest BCUT2D eigenvalue weighted by atomic mass is 10.1. The zero-order chi connectivity index (χ0) is 21.0. The molecule has 1 atom stereocenters. The fourth-order valence-electron chi connectivity index (χ4n) is 2.29. The summed E-state index contributed by atoms with van der Waals surface area (Å²) in [6.45, 7) is 3.14. The molecule has 0 radical (unpaired) electrons. The van der Waals surface area contributed by atoms with Gasteiger partial charge in [0.2, 0.25) is 0 Å². The van der Waals surface area contributed by atoms with Crippen molar-refractivity contribution in [2.45, 2.75) is 20.0 Å². The van der Waals surface area contributed by atoms with Crippen molar-refractivity contribution < 1.29 is 24.0 Å². The molecule has 0 spiro atoms. The van der Waals surface area contributed by atoms with Gasteiger partial charge in [0.1, 0.15) is 5.75 Å². The molecule has 0 fully saturated rings. The lowest BCUT2D eigenvalue weighted by Gasteiger charge is -2.16. The number of non-ortho nitro benzene ring substituents is 1. The third kappa shape index (κ3) is 4.68. The molecule has 2 aromatic rings. The van der Waals surface area contributed by atoms with Crippen molar-refractivity contribution in [3.8, 4) is 5.75 Å². The van der Waals surface area contributed by atoms with Crippen molar-refractivity contribution in [3.05, 3.63) is 56.6 Å². The van der Waals surface area contributed by atoms with Gasteiger partial charge < -0.3 is 20.5 Å². The standard InChI is InChI=1S/C18H18ClN3O6/c1-9-6-15(16(27-3)8-13(9)19)21-17(23)10(2)28-18(24)12-5-4-11(22(25)26)7-14(12)20/h4-8,10H,20H2,1-3H3,(H,21,23)/t10-/m0/s1. The molecule has 148 valence electrons. The molecule has 0 saturated carbocycles. The van der Waals surface area contributed by atoms with Crippen LogP contribution in [0.4, 0.5) is 17.1 Å². The first kappa shape index (κ1) is 21.0. The summed E-state index contributed by atoms with van der Waals surface area (Å²) in [6.07, 6.45) is -1.16. The highest BCUT2D eigenvalue weighted by atomic mass is 35.5. The van der Waals surface area contributed by atoms with Gasteiger partial charge in [-0.15, -0.1) is 0 Å². The molecule has 28 heavy (non-hydrogen) atoms. The van der Waals surface area contributed by atoms with E-state index in [0.717, 1.165) is 17.7 Å². The second-order valence-electron chi connectivity index (χ2n) is 5.87. The zero-order valence-electron chi connectivity index (χ0n) is 15.3. The van der Waals surface area contributed by atoms with Crippen LogP contribution in [0.5, 0.6) is 5.75 Å². The third-order valence-corrected chi connectivity index (χ3v) is 4.26. The van der Waals surface area contributed by atoms with Gasteiger partial charge in [0, 0.05) is 23.2 Å². The number of aryl methyl sites for hydroxylation is 1. The first-order chi connectivity index (χ1) is 13.1. The Balaban J connectivity index is 2.11. The predicted octanol–water partition coefficient (Wildman–Crippen LogP) is 3.33. The molecule has 0 aliphatic rings. The van der Waals surface area contributed by atoms with Crippen LogP contribution in [-0.2, 0) is 9.53 Å². The van der Waals surface area contributed by atoms with E-state index in [9.17, 15) is 19.7 Å². The number of halogens is 1. The van der Waals surface area contributed by atoms with Crippen LogP contribution in [0.25, 0.3) is 0 Å². The van der Waals surface area contributed by atoms with E-state index < -0.39 is 22.9 Å². The van der Waals surface area contributed by atoms with Crippen LogP contribution < -0.4 is 15.8 Å². The Bertz CT molecular complexity index is 947. The first-order valence-corrected chi connectivity index (χ1v) is 8.41. The SMILES string of the molecule is COc1cc(Cl)c(C)cc1NC(=O)[C@H](C)OC(=O)c1ccc([N+](=O)[O-])cc1N. The van der Waals surface area contributed by atoms with Gasteiger partial charge >= 0.3 is 5.97 Å². The molecular formula is C18H18ClN3O6. The van der Waals surface area contributed by atoms with Gasteiger partial charge in [-0.2, -0.15) is 0 Å². The molecule has 0 aliphatic carbocycles. The van der Waals surface area contributed by atoms with E-state index in [1.807, 2.05) is 0 Å². The summed E-state index contributed by atoms with van der Waals surface area (Å²) in [4.78, 5) is 34.7. The number of nitro groups is 1. The number of nitrogens with zero attached hydrogens (tertiary/aromatic N) is 1. The number of nitrogens with two attached hydrogens (primary N) is 1. The van der Waals surface area contributed by atoms with Crippen LogP contribution in [0, 0.1) is 17.0 Å². The minimum Gasteiger partial charge on any atom is -0.495 e. The summed E-state index contributed by atoms with van der Waals surface area (Å²) < 4.78 is 10.3. The van der Waals surface area contributed by atoms with Gasteiger partial charge in [-0.25, -0.2) is 4.79 Å². The topological polar surface area (TPSA) is 134 Å². The van der Waals surface area contributed by atoms with E-state index in [1.165, 1.54) is 20.1 Å². The van der Waals surface area contributed by atoms with Gasteiger partial charge in [-0.05, 0) is 31.5 Å². The Hall–Kier alpha value is -3.33. The number of hydrogen-bond donors (Lipinski definition) is 2. The van der Waals surface area contributed by atoms with E-state index in [2.05, 4.69) is 5.32 Å². The minimum absolute atomic E-state index is 0.0785. The van der Waals surface area contributed by atoms with Crippen molar-refractivity contribution in [3.63, 3.8) is 0 Å². The lowest BCUT2D eigenvalue weighted by Crippen LogP contribution is -2.30. The molecule has 0 unspecified atom stereocenters. The summed E-state index contributed by atoms with van der Waals surface area (Å²) >= 11 is 6.03. The van der Waals surface area contributed by atoms with Gasteiger partial charge in [-0.1, -0.05) is 11.6 Å². The zero-order valence-corrected chi connectivity index (χ0v) is 16.1. The van der Waals surface area contributed by atoms with Crippen molar-refractivity contribution in [1.29, 1.82) is 0 Å². The number of ether oxygens (including phenoxy) is 2. The largest absolute Gasteiger partial charge is 0.495 e. The maximum atomic E-state index is 12.4. The summed E-state index contributed by atoms with van der Waals surface area (Å²) in [5.74, 6) is -1.13. The van der Waals surface area contributed by atoms with Crippen molar-refractivity contribution in [1.82, 2.24) is 0 Å². The van der Waals surface area contributed by atoms with E-state index in [4.69, 9.17) is 26.8 Å². The second-order valence-corrected chi connectivity index (χ2v) is 6.27. The number of methoxy groups -OCH3 is 1. The number of rotatable bonds is 6. The van der Waals surface area contributed by atoms with Crippen molar-refractivity contribution in [2.75, 3.05) is 18.2 Å². The average molecular weight is 408 g/mol. The smallest absolute Gasteiger partial charge is 0.341 e. The maximum absolute atomic E-state index is 12.4. The van der Waals surface area contributed by atoms with E-state index in [0.29, 0.717) is 16.5 Å². The number of esters is 1. The molecule has 9 nitrogen and oxygen atoms in total. The van der Waals surface area contributed by atoms with Crippen LogP contribution in [0.3, 0.4) is 0 Å². The van der Waals surface area contributed by atoms with Crippen LogP contribution in [-0.4, -0.2) is 30.0 Å². The highest BCUT2D eigenvalue weighted by Crippen LogP contribution is 2.31. The molecule has 3 N–H and O–H groups in total. The van der Waals surface area contributed by atoms with Crippen LogP contribution in [0.2, 0.25) is 5.02 Å². The summed E-state index contributed by atoms with van der Waals surface area (Å²) in [5.41, 5.74) is 6.30. The van der Waals surface area contributed by atoms with E-state index >= 15 is 0 Å². The first-order valence-electron chi connectivity index (χ1n) is 8.04. The molecular weight excluding hydrogens is 390 g/mol. The molecule has 0 aromatic heterocycles. The fraction of sp³-hybridized carbons (Fsp3) is 0.222. The number of nitrogen functional groups attached to an aromatic ring is 1. The Kier molecular flexibility index (Phi) is 6.42. The summed E-state index contributed by atoms with van der Waals surface area (Å²) in [5, 5.41) is 13.8. The number of hydrogen-bond acceptors (Lipinski definition) is 7. The van der Waals surface area contributed by atoms with Gasteiger partial charge in [0.25, 0.3) is 11.6 Å². The minimum atomic E-state index is -1.16. The molecule has 0 saturated heterocycles. The number of nitrogens with one attached hydrogen (secondary N) is 1. The van der Waals surface area contributed by atoms with Gasteiger partial charge in [0.15, 0.2) is 6.10 Å². The molecule has 0 heterocycles. The molecule has 2 rings (SSSR count). The molecule has 10 heteroatoms. The molecule has 0 bridgehead atoms. The second kappa shape index (κ2) is 8.57.